The van der Waals surface area contributed by atoms with Crippen molar-refractivity contribution >= 4 is 5.97 Å². The average Bonchev–Trinajstić information content (AvgIpc) is 2.72. The minimum Gasteiger partial charge on any atom is -0.490 e. The van der Waals surface area contributed by atoms with Crippen LogP contribution in [0.3, 0.4) is 0 Å². The molecule has 1 aromatic carbocycles. The molecule has 3 heterocycles. The van der Waals surface area contributed by atoms with E-state index in [9.17, 15) is 19.8 Å². The third kappa shape index (κ3) is 3.75. The predicted molar refractivity (Wildman–Crippen MR) is 111 cm³/mol. The van der Waals surface area contributed by atoms with Crippen LogP contribution < -0.4 is 10.2 Å². The van der Waals surface area contributed by atoms with E-state index in [1.165, 1.54) is 12.3 Å². The number of fused-ring (bicyclic) bond motifs is 3. The van der Waals surface area contributed by atoms with Crippen molar-refractivity contribution in [3.05, 3.63) is 51.3 Å². The minimum absolute atomic E-state index is 0.0158. The fraction of sp³-hybridized carbons (Fsp3) is 0.478. The first-order valence-corrected chi connectivity index (χ1v) is 10.4. The lowest BCUT2D eigenvalue weighted by Gasteiger charge is -2.34. The Labute approximate surface area is 174 Å². The summed E-state index contributed by atoms with van der Waals surface area (Å²) in [5, 5.41) is 19.3. The topological polar surface area (TPSA) is 98.0 Å². The monoisotopic (exact) mass is 413 g/mol. The number of rotatable bonds is 5. The summed E-state index contributed by atoms with van der Waals surface area (Å²) >= 11 is 0. The summed E-state index contributed by atoms with van der Waals surface area (Å²) in [6.45, 7) is 5.32. The van der Waals surface area contributed by atoms with Gasteiger partial charge in [-0.25, -0.2) is 4.79 Å². The summed E-state index contributed by atoms with van der Waals surface area (Å²) < 4.78 is 13.5. The number of carbonyl (C=O) groups is 1. The lowest BCUT2D eigenvalue weighted by Crippen LogP contribution is -2.29. The highest BCUT2D eigenvalue weighted by atomic mass is 16.5. The summed E-state index contributed by atoms with van der Waals surface area (Å²) in [7, 11) is 0. The molecule has 1 aromatic heterocycles. The molecule has 7 heteroatoms. The number of hydrogen-bond donors (Lipinski definition) is 2. The van der Waals surface area contributed by atoms with E-state index in [0.717, 1.165) is 24.0 Å². The summed E-state index contributed by atoms with van der Waals surface area (Å²) in [6.07, 6.45) is 3.83. The second-order valence-corrected chi connectivity index (χ2v) is 8.37. The molecule has 7 nitrogen and oxygen atoms in total. The minimum atomic E-state index is -1.22. The predicted octanol–water partition coefficient (Wildman–Crippen LogP) is 3.02. The molecule has 0 unspecified atom stereocenters. The Morgan fingerprint density at radius 1 is 1.27 bits per heavy atom. The molecule has 2 aromatic rings. The molecule has 0 bridgehead atoms. The number of hydrogen-bond acceptors (Lipinski definition) is 5. The Hall–Kier alpha value is -2.64. The Morgan fingerprint density at radius 3 is 2.63 bits per heavy atom. The van der Waals surface area contributed by atoms with Gasteiger partial charge in [0.2, 0.25) is 0 Å². The maximum atomic E-state index is 12.4. The molecule has 0 aliphatic carbocycles. The van der Waals surface area contributed by atoms with Gasteiger partial charge in [0.05, 0.1) is 25.5 Å². The number of aliphatic hydroxyl groups excluding tert-OH is 1. The van der Waals surface area contributed by atoms with Crippen LogP contribution in [0.1, 0.15) is 54.2 Å². The van der Waals surface area contributed by atoms with Crippen molar-refractivity contribution in [2.75, 3.05) is 13.2 Å². The largest absolute Gasteiger partial charge is 0.490 e. The molecule has 1 atom stereocenters. The van der Waals surface area contributed by atoms with E-state index >= 15 is 0 Å². The van der Waals surface area contributed by atoms with Crippen molar-refractivity contribution < 1.29 is 24.5 Å². The van der Waals surface area contributed by atoms with Crippen LogP contribution in [0.4, 0.5) is 0 Å². The van der Waals surface area contributed by atoms with Crippen LogP contribution in [0.5, 0.6) is 5.75 Å². The van der Waals surface area contributed by atoms with Crippen LogP contribution in [0, 0.1) is 5.92 Å². The quantitative estimate of drug-likeness (QED) is 0.782. The van der Waals surface area contributed by atoms with Gasteiger partial charge in [-0.2, -0.15) is 0 Å². The molecule has 30 heavy (non-hydrogen) atoms. The lowest BCUT2D eigenvalue weighted by atomic mass is 9.86. The summed E-state index contributed by atoms with van der Waals surface area (Å²) in [5.74, 6) is -0.318. The van der Waals surface area contributed by atoms with Crippen molar-refractivity contribution in [1.29, 1.82) is 0 Å². The van der Waals surface area contributed by atoms with Crippen molar-refractivity contribution in [3.8, 4) is 17.0 Å². The summed E-state index contributed by atoms with van der Waals surface area (Å²) in [4.78, 5) is 23.9. The van der Waals surface area contributed by atoms with Gasteiger partial charge in [-0.1, -0.05) is 13.8 Å². The van der Waals surface area contributed by atoms with Crippen molar-refractivity contribution in [2.45, 2.75) is 51.9 Å². The van der Waals surface area contributed by atoms with Crippen LogP contribution in [0.15, 0.2) is 29.2 Å². The second-order valence-electron chi connectivity index (χ2n) is 8.37. The van der Waals surface area contributed by atoms with Gasteiger partial charge in [-0.05, 0) is 30.0 Å². The number of aliphatic hydroxyl groups is 1. The molecule has 1 fully saturated rings. The molecular weight excluding hydrogens is 386 g/mol. The van der Waals surface area contributed by atoms with Crippen LogP contribution in [-0.2, 0) is 17.8 Å². The molecule has 0 radical (unpaired) electrons. The van der Waals surface area contributed by atoms with Gasteiger partial charge in [0.15, 0.2) is 5.43 Å². The molecule has 0 saturated carbocycles. The molecule has 4 rings (SSSR count). The Bertz CT molecular complexity index is 1020. The van der Waals surface area contributed by atoms with E-state index in [0.29, 0.717) is 36.6 Å². The fourth-order valence-electron chi connectivity index (χ4n) is 4.36. The molecule has 0 amide bonds. The van der Waals surface area contributed by atoms with Gasteiger partial charge in [0.25, 0.3) is 0 Å². The SMILES string of the molecule is CC(C)[C@@H]1Cc2cc(OC3CCOCC3)c(CO)cc2-c2cc(=O)c(C(=O)O)cn21. The summed E-state index contributed by atoms with van der Waals surface area (Å²) in [5.41, 5.74) is 2.47. The number of nitrogens with zero attached hydrogens (tertiary/aromatic N) is 1. The van der Waals surface area contributed by atoms with Crippen LogP contribution >= 0.6 is 0 Å². The summed E-state index contributed by atoms with van der Waals surface area (Å²) in [6, 6.07) is 5.26. The van der Waals surface area contributed by atoms with E-state index in [1.54, 1.807) is 0 Å². The molecule has 1 saturated heterocycles. The highest BCUT2D eigenvalue weighted by Crippen LogP contribution is 2.40. The average molecular weight is 413 g/mol. The van der Waals surface area contributed by atoms with Crippen molar-refractivity contribution in [3.63, 3.8) is 0 Å². The normalized spacial score (nSPS) is 18.7. The third-order valence-electron chi connectivity index (χ3n) is 6.06. The molecule has 0 spiro atoms. The van der Waals surface area contributed by atoms with Gasteiger partial charge in [-0.3, -0.25) is 4.79 Å². The zero-order valence-electron chi connectivity index (χ0n) is 17.3. The molecule has 2 aliphatic heterocycles. The number of ether oxygens (including phenoxy) is 2. The number of benzene rings is 1. The highest BCUT2D eigenvalue weighted by molar-refractivity contribution is 5.87. The fourth-order valence-corrected chi connectivity index (χ4v) is 4.36. The Morgan fingerprint density at radius 2 is 2.00 bits per heavy atom. The maximum absolute atomic E-state index is 12.4. The number of carboxylic acid groups (broad SMARTS) is 1. The van der Waals surface area contributed by atoms with Gasteiger partial charge in [-0.15, -0.1) is 0 Å². The number of carboxylic acids is 1. The van der Waals surface area contributed by atoms with Gasteiger partial charge in [0, 0.05) is 42.3 Å². The van der Waals surface area contributed by atoms with Crippen LogP contribution in [-0.4, -0.2) is 40.1 Å². The second kappa shape index (κ2) is 8.24. The first-order valence-electron chi connectivity index (χ1n) is 10.4. The van der Waals surface area contributed by atoms with E-state index in [2.05, 4.69) is 13.8 Å². The highest BCUT2D eigenvalue weighted by Gasteiger charge is 2.29. The van der Waals surface area contributed by atoms with Crippen LogP contribution in [0.25, 0.3) is 11.3 Å². The first-order chi connectivity index (χ1) is 14.4. The number of aromatic carboxylic acids is 1. The molecular formula is C23H27NO6. The third-order valence-corrected chi connectivity index (χ3v) is 6.06. The van der Waals surface area contributed by atoms with E-state index < -0.39 is 11.4 Å². The molecule has 160 valence electrons. The van der Waals surface area contributed by atoms with Gasteiger partial charge >= 0.3 is 5.97 Å². The number of pyridine rings is 1. The van der Waals surface area contributed by atoms with E-state index in [1.807, 2.05) is 16.7 Å². The van der Waals surface area contributed by atoms with Crippen molar-refractivity contribution in [2.24, 2.45) is 5.92 Å². The first kappa shape index (κ1) is 20.6. The van der Waals surface area contributed by atoms with E-state index in [4.69, 9.17) is 9.47 Å². The van der Waals surface area contributed by atoms with E-state index in [-0.39, 0.29) is 30.2 Å². The van der Waals surface area contributed by atoms with Crippen molar-refractivity contribution in [1.82, 2.24) is 4.57 Å². The van der Waals surface area contributed by atoms with Gasteiger partial charge < -0.3 is 24.3 Å². The molecule has 2 N–H and O–H groups in total. The zero-order valence-corrected chi connectivity index (χ0v) is 17.3. The molecule has 2 aliphatic rings. The maximum Gasteiger partial charge on any atom is 0.341 e. The zero-order chi connectivity index (χ0) is 21.4. The smallest absolute Gasteiger partial charge is 0.341 e. The standard InChI is InChI=1S/C23H27NO6/c1-13(2)19-8-14-9-22(30-16-3-5-29-6-4-16)15(12-25)7-17(14)20-10-21(26)18(23(27)28)11-24(19)20/h7,9-11,13,16,19,25H,3-6,8,12H2,1-2H3,(H,27,28)/t19-/m0/s1. The Kier molecular flexibility index (Phi) is 5.66. The number of aromatic nitrogens is 1. The Balaban J connectivity index is 1.82. The van der Waals surface area contributed by atoms with Crippen LogP contribution in [0.2, 0.25) is 0 Å². The van der Waals surface area contributed by atoms with Gasteiger partial charge in [0.1, 0.15) is 17.4 Å². The lowest BCUT2D eigenvalue weighted by molar-refractivity contribution is 0.0247.